The maximum atomic E-state index is 12.3. The summed E-state index contributed by atoms with van der Waals surface area (Å²) in [5.41, 5.74) is 5.98. The summed E-state index contributed by atoms with van der Waals surface area (Å²) < 4.78 is 0. The van der Waals surface area contributed by atoms with Crippen LogP contribution in [0.15, 0.2) is 30.6 Å². The van der Waals surface area contributed by atoms with Gasteiger partial charge in [0, 0.05) is 18.7 Å². The molecule has 0 bridgehead atoms. The number of amides is 1. The quantitative estimate of drug-likeness (QED) is 0.456. The zero-order valence-corrected chi connectivity index (χ0v) is 16.4. The number of carbonyl (C=O) groups excluding carboxylic acids is 1. The van der Waals surface area contributed by atoms with Gasteiger partial charge in [0.15, 0.2) is 0 Å². The smallest absolute Gasteiger partial charge is 0.354 e. The van der Waals surface area contributed by atoms with E-state index < -0.39 is 10.8 Å². The molecule has 29 heavy (non-hydrogen) atoms. The molecule has 2 heterocycles. The highest BCUT2D eigenvalue weighted by Crippen LogP contribution is 2.28. The first-order valence-electron chi connectivity index (χ1n) is 9.64. The Bertz CT molecular complexity index is 869. The highest BCUT2D eigenvalue weighted by atomic mass is 16.6. The van der Waals surface area contributed by atoms with E-state index >= 15 is 0 Å². The lowest BCUT2D eigenvalue weighted by Gasteiger charge is -2.26. The van der Waals surface area contributed by atoms with Gasteiger partial charge in [-0.05, 0) is 44.5 Å². The van der Waals surface area contributed by atoms with Crippen molar-refractivity contribution in [3.63, 3.8) is 0 Å². The molecule has 1 aromatic carbocycles. The fourth-order valence-corrected chi connectivity index (χ4v) is 3.30. The van der Waals surface area contributed by atoms with E-state index in [4.69, 9.17) is 0 Å². The van der Waals surface area contributed by atoms with Crippen molar-refractivity contribution < 1.29 is 9.72 Å². The number of nitro groups is 1. The molecule has 154 valence electrons. The monoisotopic (exact) mass is 399 g/mol. The summed E-state index contributed by atoms with van der Waals surface area (Å²) in [6.07, 6.45) is 4.84. The molecule has 1 aliphatic rings. The lowest BCUT2D eigenvalue weighted by Crippen LogP contribution is -2.34. The average Bonchev–Trinajstić information content (AvgIpc) is 2.73. The van der Waals surface area contributed by atoms with Gasteiger partial charge < -0.3 is 10.2 Å². The Balaban J connectivity index is 1.65. The second kappa shape index (κ2) is 9.78. The molecule has 1 fully saturated rings. The molecule has 0 spiro atoms. The number of carbonyl (C=O) groups is 1. The minimum Gasteiger partial charge on any atom is -0.363 e. The number of nitrogens with one attached hydrogen (secondary N) is 3. The highest BCUT2D eigenvalue weighted by Gasteiger charge is 2.23. The van der Waals surface area contributed by atoms with Gasteiger partial charge in [-0.15, -0.1) is 0 Å². The zero-order chi connectivity index (χ0) is 20.6. The Labute approximate surface area is 168 Å². The summed E-state index contributed by atoms with van der Waals surface area (Å²) in [6.45, 7) is 5.23. The van der Waals surface area contributed by atoms with Crippen molar-refractivity contribution in [3.8, 4) is 0 Å². The molecular weight excluding hydrogens is 374 g/mol. The van der Waals surface area contributed by atoms with Crippen molar-refractivity contribution in [1.29, 1.82) is 0 Å². The Morgan fingerprint density at radius 3 is 2.62 bits per heavy atom. The Morgan fingerprint density at radius 1 is 1.17 bits per heavy atom. The summed E-state index contributed by atoms with van der Waals surface area (Å²) >= 11 is 0. The van der Waals surface area contributed by atoms with E-state index in [2.05, 4.69) is 31.0 Å². The predicted octanol–water partition coefficient (Wildman–Crippen LogP) is 2.35. The van der Waals surface area contributed by atoms with Crippen LogP contribution in [0.2, 0.25) is 0 Å². The number of hydrogen-bond donors (Lipinski definition) is 3. The number of nitrogens with zero attached hydrogens (tertiary/aromatic N) is 4. The molecule has 3 rings (SSSR count). The third-order valence-electron chi connectivity index (χ3n) is 4.86. The molecular formula is C19H25N7O3. The topological polar surface area (TPSA) is 125 Å². The summed E-state index contributed by atoms with van der Waals surface area (Å²) in [6, 6.07) is 7.07. The van der Waals surface area contributed by atoms with E-state index in [0.29, 0.717) is 12.1 Å². The zero-order valence-electron chi connectivity index (χ0n) is 16.4. The number of aryl methyl sites for hydroxylation is 1. The third-order valence-corrected chi connectivity index (χ3v) is 4.86. The van der Waals surface area contributed by atoms with Gasteiger partial charge >= 0.3 is 5.69 Å². The summed E-state index contributed by atoms with van der Waals surface area (Å²) in [5.74, 6) is -0.363. The van der Waals surface area contributed by atoms with Crippen molar-refractivity contribution in [1.82, 2.24) is 20.3 Å². The van der Waals surface area contributed by atoms with E-state index in [0.717, 1.165) is 25.2 Å². The SMILES string of the molecule is Cc1ccccc1C(=O)NNc1ncnc(NCCN2CCCCC2)c1[N+](=O)[O-]. The number of piperidine rings is 1. The van der Waals surface area contributed by atoms with Gasteiger partial charge in [-0.3, -0.25) is 25.8 Å². The molecule has 1 amide bonds. The van der Waals surface area contributed by atoms with Crippen LogP contribution in [-0.4, -0.2) is 51.9 Å². The van der Waals surface area contributed by atoms with Crippen LogP contribution in [0.25, 0.3) is 0 Å². The molecule has 1 aromatic heterocycles. The molecule has 1 aliphatic heterocycles. The van der Waals surface area contributed by atoms with Crippen LogP contribution in [0.3, 0.4) is 0 Å². The molecule has 0 saturated carbocycles. The maximum absolute atomic E-state index is 12.3. The minimum absolute atomic E-state index is 0.0765. The van der Waals surface area contributed by atoms with Crippen molar-refractivity contribution >= 4 is 23.2 Å². The number of aromatic nitrogens is 2. The van der Waals surface area contributed by atoms with Crippen molar-refractivity contribution in [3.05, 3.63) is 51.8 Å². The molecule has 0 unspecified atom stereocenters. The lowest BCUT2D eigenvalue weighted by atomic mass is 10.1. The molecule has 10 heteroatoms. The number of hydrazine groups is 1. The van der Waals surface area contributed by atoms with Crippen molar-refractivity contribution in [2.45, 2.75) is 26.2 Å². The molecule has 3 N–H and O–H groups in total. The van der Waals surface area contributed by atoms with E-state index in [1.165, 1.54) is 25.6 Å². The molecule has 1 saturated heterocycles. The molecule has 0 aliphatic carbocycles. The molecule has 10 nitrogen and oxygen atoms in total. The number of hydrogen-bond acceptors (Lipinski definition) is 8. The number of rotatable bonds is 8. The molecule has 0 radical (unpaired) electrons. The predicted molar refractivity (Wildman–Crippen MR) is 110 cm³/mol. The van der Waals surface area contributed by atoms with Crippen molar-refractivity contribution in [2.24, 2.45) is 0 Å². The summed E-state index contributed by atoms with van der Waals surface area (Å²) in [7, 11) is 0. The normalized spacial score (nSPS) is 14.2. The van der Waals surface area contributed by atoms with Gasteiger partial charge in [0.2, 0.25) is 11.6 Å². The van der Waals surface area contributed by atoms with E-state index in [9.17, 15) is 14.9 Å². The average molecular weight is 399 g/mol. The fraction of sp³-hybridized carbons (Fsp3) is 0.421. The summed E-state index contributed by atoms with van der Waals surface area (Å²) in [4.78, 5) is 33.6. The highest BCUT2D eigenvalue weighted by molar-refractivity contribution is 5.96. The lowest BCUT2D eigenvalue weighted by molar-refractivity contribution is -0.383. The second-order valence-corrected chi connectivity index (χ2v) is 6.90. The van der Waals surface area contributed by atoms with Crippen LogP contribution in [0.4, 0.5) is 17.3 Å². The van der Waals surface area contributed by atoms with Crippen molar-refractivity contribution in [2.75, 3.05) is 36.9 Å². The first-order valence-corrected chi connectivity index (χ1v) is 9.64. The maximum Gasteiger partial charge on any atom is 0.354 e. The number of anilines is 2. The first kappa shape index (κ1) is 20.5. The van der Waals surface area contributed by atoms with Gasteiger partial charge in [0.25, 0.3) is 5.91 Å². The summed E-state index contributed by atoms with van der Waals surface area (Å²) in [5, 5.41) is 14.6. The van der Waals surface area contributed by atoms with Crippen LogP contribution >= 0.6 is 0 Å². The first-order chi connectivity index (χ1) is 14.1. The third kappa shape index (κ3) is 5.38. The Hall–Kier alpha value is -3.27. The van der Waals surface area contributed by atoms with E-state index in [1.54, 1.807) is 12.1 Å². The molecule has 0 atom stereocenters. The Kier molecular flexibility index (Phi) is 6.90. The second-order valence-electron chi connectivity index (χ2n) is 6.90. The van der Waals surface area contributed by atoms with Gasteiger partial charge in [0.1, 0.15) is 6.33 Å². The standard InChI is InChI=1S/C19H25N7O3/c1-14-7-3-4-8-15(14)19(27)24-23-18-16(26(28)29)17(21-13-22-18)20-9-12-25-10-5-2-6-11-25/h3-4,7-8,13H,2,5-6,9-12H2,1H3,(H,24,27)(H2,20,21,22,23). The van der Waals surface area contributed by atoms with Gasteiger partial charge in [-0.2, -0.15) is 0 Å². The Morgan fingerprint density at radius 2 is 1.90 bits per heavy atom. The van der Waals surface area contributed by atoms with Gasteiger partial charge in [-0.25, -0.2) is 9.97 Å². The minimum atomic E-state index is -0.564. The number of likely N-dealkylation sites (tertiary alicyclic amines) is 1. The van der Waals surface area contributed by atoms with E-state index in [-0.39, 0.29) is 17.3 Å². The van der Waals surface area contributed by atoms with Crippen LogP contribution < -0.4 is 16.2 Å². The van der Waals surface area contributed by atoms with Crippen LogP contribution in [0.1, 0.15) is 35.2 Å². The fourth-order valence-electron chi connectivity index (χ4n) is 3.30. The number of benzene rings is 1. The van der Waals surface area contributed by atoms with E-state index in [1.807, 2.05) is 19.1 Å². The van der Waals surface area contributed by atoms with Gasteiger partial charge in [0.05, 0.1) is 4.92 Å². The largest absolute Gasteiger partial charge is 0.363 e. The van der Waals surface area contributed by atoms with Gasteiger partial charge in [-0.1, -0.05) is 24.6 Å². The van der Waals surface area contributed by atoms with Crippen LogP contribution in [0.5, 0.6) is 0 Å². The van der Waals surface area contributed by atoms with Crippen LogP contribution in [0, 0.1) is 17.0 Å². The molecule has 2 aromatic rings. The van der Waals surface area contributed by atoms with Crippen LogP contribution in [-0.2, 0) is 0 Å².